The van der Waals surface area contributed by atoms with E-state index < -0.39 is 34.8 Å². The lowest BCUT2D eigenvalue weighted by atomic mass is 9.99. The van der Waals surface area contributed by atoms with Crippen LogP contribution in [0, 0.1) is 23.3 Å². The molecule has 3 heterocycles. The summed E-state index contributed by atoms with van der Waals surface area (Å²) in [5, 5.41) is 0. The molecule has 0 amide bonds. The number of unbranched alkanes of at least 4 members (excludes halogenated alkanes) is 6. The molecule has 0 unspecified atom stereocenters. The van der Waals surface area contributed by atoms with Crippen LogP contribution in [0.2, 0.25) is 0 Å². The SMILES string of the molecule is CCCCCCOc1c(F)c(-c2ccccn2)cc(-c2cc(-c3cc(-c4ccccn4)c(F)c(OCCCCCC)c3F)ncn2)c1F. The molecule has 0 aliphatic heterocycles. The van der Waals surface area contributed by atoms with Crippen LogP contribution >= 0.6 is 0 Å². The van der Waals surface area contributed by atoms with Crippen molar-refractivity contribution >= 4 is 0 Å². The molecule has 250 valence electrons. The minimum absolute atomic E-state index is 0.0138. The molecule has 2 aromatic carbocycles. The Bertz CT molecular complexity index is 1680. The fourth-order valence-electron chi connectivity index (χ4n) is 5.33. The quantitative estimate of drug-likeness (QED) is 0.0776. The van der Waals surface area contributed by atoms with Crippen molar-refractivity contribution in [3.63, 3.8) is 0 Å². The number of aromatic nitrogens is 4. The number of hydrogen-bond donors (Lipinski definition) is 0. The van der Waals surface area contributed by atoms with Gasteiger partial charge >= 0.3 is 0 Å². The molecule has 6 nitrogen and oxygen atoms in total. The summed E-state index contributed by atoms with van der Waals surface area (Å²) in [4.78, 5) is 17.0. The molecule has 0 atom stereocenters. The number of benzene rings is 2. The summed E-state index contributed by atoms with van der Waals surface area (Å²) in [6.07, 6.45) is 11.1. The first kappa shape index (κ1) is 34.5. The zero-order valence-corrected chi connectivity index (χ0v) is 27.1. The molecule has 10 heteroatoms. The first-order valence-electron chi connectivity index (χ1n) is 16.4. The second-order valence-electron chi connectivity index (χ2n) is 11.4. The van der Waals surface area contributed by atoms with Gasteiger partial charge in [-0.3, -0.25) is 9.97 Å². The maximum Gasteiger partial charge on any atom is 0.192 e. The lowest BCUT2D eigenvalue weighted by Crippen LogP contribution is -2.06. The third kappa shape index (κ3) is 7.98. The van der Waals surface area contributed by atoms with E-state index in [1.54, 1.807) is 36.4 Å². The first-order valence-corrected chi connectivity index (χ1v) is 16.4. The number of rotatable bonds is 16. The van der Waals surface area contributed by atoms with Crippen molar-refractivity contribution in [1.82, 2.24) is 19.9 Å². The van der Waals surface area contributed by atoms with Crippen LogP contribution in [0.1, 0.15) is 65.2 Å². The Morgan fingerprint density at radius 2 is 0.896 bits per heavy atom. The van der Waals surface area contributed by atoms with E-state index in [2.05, 4.69) is 33.8 Å². The third-order valence-corrected chi connectivity index (χ3v) is 7.91. The van der Waals surface area contributed by atoms with Gasteiger partial charge in [0.15, 0.2) is 34.8 Å². The van der Waals surface area contributed by atoms with Crippen LogP contribution in [0.3, 0.4) is 0 Å². The van der Waals surface area contributed by atoms with Crippen molar-refractivity contribution in [1.29, 1.82) is 0 Å². The smallest absolute Gasteiger partial charge is 0.192 e. The molecule has 5 aromatic rings. The van der Waals surface area contributed by atoms with Gasteiger partial charge in [0.05, 0.1) is 36.0 Å². The van der Waals surface area contributed by atoms with Gasteiger partial charge in [0.25, 0.3) is 0 Å². The molecular formula is C38H38F4N4O2. The summed E-state index contributed by atoms with van der Waals surface area (Å²) in [7, 11) is 0. The Balaban J connectivity index is 1.60. The molecule has 0 N–H and O–H groups in total. The van der Waals surface area contributed by atoms with Gasteiger partial charge < -0.3 is 9.47 Å². The lowest BCUT2D eigenvalue weighted by Gasteiger charge is -2.16. The molecular weight excluding hydrogens is 620 g/mol. The second-order valence-corrected chi connectivity index (χ2v) is 11.4. The molecule has 0 spiro atoms. The van der Waals surface area contributed by atoms with Crippen LogP contribution in [-0.2, 0) is 0 Å². The molecule has 0 saturated carbocycles. The minimum atomic E-state index is -0.961. The molecule has 0 fully saturated rings. The summed E-state index contributed by atoms with van der Waals surface area (Å²) in [6, 6.07) is 13.9. The van der Waals surface area contributed by atoms with E-state index in [0.717, 1.165) is 44.9 Å². The fourth-order valence-corrected chi connectivity index (χ4v) is 5.33. The molecule has 5 rings (SSSR count). The predicted octanol–water partition coefficient (Wildman–Crippen LogP) is 10.4. The average Bonchev–Trinajstić information content (AvgIpc) is 3.11. The Morgan fingerprint density at radius 1 is 0.479 bits per heavy atom. The van der Waals surface area contributed by atoms with Crippen molar-refractivity contribution in [3.05, 3.63) is 96.6 Å². The zero-order chi connectivity index (χ0) is 33.9. The second kappa shape index (κ2) is 16.8. The third-order valence-electron chi connectivity index (χ3n) is 7.91. The summed E-state index contributed by atoms with van der Waals surface area (Å²) in [5.74, 6) is -4.78. The Hall–Kier alpha value is -4.86. The van der Waals surface area contributed by atoms with Crippen molar-refractivity contribution in [3.8, 4) is 56.5 Å². The summed E-state index contributed by atoms with van der Waals surface area (Å²) in [5.41, 5.74) is 0.456. The molecule has 0 aliphatic rings. The van der Waals surface area contributed by atoms with E-state index in [0.29, 0.717) is 12.8 Å². The van der Waals surface area contributed by atoms with Gasteiger partial charge in [0, 0.05) is 34.6 Å². The number of halogens is 4. The van der Waals surface area contributed by atoms with Crippen molar-refractivity contribution in [2.75, 3.05) is 13.2 Å². The summed E-state index contributed by atoms with van der Waals surface area (Å²) >= 11 is 0. The normalized spacial score (nSPS) is 11.1. The first-order chi connectivity index (χ1) is 23.4. The van der Waals surface area contributed by atoms with Gasteiger partial charge in [-0.25, -0.2) is 27.5 Å². The Kier molecular flexibility index (Phi) is 12.1. The van der Waals surface area contributed by atoms with Crippen LogP contribution in [0.25, 0.3) is 45.0 Å². The van der Waals surface area contributed by atoms with Crippen molar-refractivity contribution in [2.45, 2.75) is 65.2 Å². The highest BCUT2D eigenvalue weighted by Gasteiger charge is 2.26. The lowest BCUT2D eigenvalue weighted by molar-refractivity contribution is 0.276. The van der Waals surface area contributed by atoms with Gasteiger partial charge in [-0.2, -0.15) is 0 Å². The molecule has 0 radical (unpaired) electrons. The van der Waals surface area contributed by atoms with E-state index in [9.17, 15) is 0 Å². The summed E-state index contributed by atoms with van der Waals surface area (Å²) in [6.45, 7) is 4.37. The number of hydrogen-bond acceptors (Lipinski definition) is 6. The minimum Gasteiger partial charge on any atom is -0.488 e. The molecule has 0 aliphatic carbocycles. The van der Waals surface area contributed by atoms with Gasteiger partial charge in [0.2, 0.25) is 0 Å². The number of pyridine rings is 2. The largest absolute Gasteiger partial charge is 0.488 e. The maximum absolute atomic E-state index is 16.1. The van der Waals surface area contributed by atoms with E-state index in [-0.39, 0.29) is 58.2 Å². The fraction of sp³-hybridized carbons (Fsp3) is 0.316. The van der Waals surface area contributed by atoms with E-state index >= 15 is 17.6 Å². The molecule has 48 heavy (non-hydrogen) atoms. The highest BCUT2D eigenvalue weighted by atomic mass is 19.1. The summed E-state index contributed by atoms with van der Waals surface area (Å²) < 4.78 is 75.2. The Labute approximate surface area is 278 Å². The van der Waals surface area contributed by atoms with E-state index in [4.69, 9.17) is 9.47 Å². The van der Waals surface area contributed by atoms with Crippen LogP contribution in [0.4, 0.5) is 17.6 Å². The van der Waals surface area contributed by atoms with Crippen LogP contribution in [0.15, 0.2) is 73.3 Å². The molecule has 3 aromatic heterocycles. The standard InChI is InChI=1S/C38H38F4N4O2/c1-3-5-7-13-19-47-37-33(39)25(29-15-9-11-17-43-29)21-27(35(37)41)31-23-32(46-24-45-31)28-22-26(30-16-10-12-18-44-30)34(40)38(36(28)42)48-20-14-8-6-4-2/h9-12,15-18,21-24H,3-8,13-14,19-20H2,1-2H3. The van der Waals surface area contributed by atoms with Gasteiger partial charge in [0.1, 0.15) is 6.33 Å². The van der Waals surface area contributed by atoms with E-state index in [1.165, 1.54) is 30.6 Å². The maximum atomic E-state index is 16.1. The van der Waals surface area contributed by atoms with Crippen LogP contribution in [-0.4, -0.2) is 33.1 Å². The predicted molar refractivity (Wildman–Crippen MR) is 178 cm³/mol. The van der Waals surface area contributed by atoms with Crippen LogP contribution in [0.5, 0.6) is 11.5 Å². The highest BCUT2D eigenvalue weighted by molar-refractivity contribution is 5.78. The molecule has 0 saturated heterocycles. The van der Waals surface area contributed by atoms with Crippen molar-refractivity contribution < 1.29 is 27.0 Å². The number of ether oxygens (including phenoxy) is 2. The van der Waals surface area contributed by atoms with Gasteiger partial charge in [-0.1, -0.05) is 64.5 Å². The van der Waals surface area contributed by atoms with Gasteiger partial charge in [-0.15, -0.1) is 0 Å². The molecule has 0 bridgehead atoms. The van der Waals surface area contributed by atoms with E-state index in [1.807, 2.05) is 0 Å². The monoisotopic (exact) mass is 658 g/mol. The van der Waals surface area contributed by atoms with Crippen molar-refractivity contribution in [2.24, 2.45) is 0 Å². The number of nitrogens with zero attached hydrogens (tertiary/aromatic N) is 4. The average molecular weight is 659 g/mol. The zero-order valence-electron chi connectivity index (χ0n) is 27.1. The topological polar surface area (TPSA) is 70.0 Å². The highest BCUT2D eigenvalue weighted by Crippen LogP contribution is 2.40. The van der Waals surface area contributed by atoms with Crippen LogP contribution < -0.4 is 9.47 Å². The Morgan fingerprint density at radius 3 is 1.27 bits per heavy atom. The van der Waals surface area contributed by atoms with Gasteiger partial charge in [-0.05, 0) is 55.3 Å².